The Labute approximate surface area is 322 Å². The number of aliphatic imine (C=N–C) groups is 1. The summed E-state index contributed by atoms with van der Waals surface area (Å²) in [5.74, 6) is -0.500. The molecule has 16 nitrogen and oxygen atoms in total. The summed E-state index contributed by atoms with van der Waals surface area (Å²) in [6.45, 7) is 20.4. The lowest BCUT2D eigenvalue weighted by molar-refractivity contribution is 0.0269. The van der Waals surface area contributed by atoms with Gasteiger partial charge in [-0.2, -0.15) is 0 Å². The number of halogens is 1. The van der Waals surface area contributed by atoms with Gasteiger partial charge in [0.15, 0.2) is 5.84 Å². The molecule has 1 rings (SSSR count). The molecular formula is C36H60BrN7O9. The average molecular weight is 815 g/mol. The Morgan fingerprint density at radius 1 is 0.698 bits per heavy atom. The van der Waals surface area contributed by atoms with Crippen LogP contribution in [0.1, 0.15) is 127 Å². The van der Waals surface area contributed by atoms with Crippen LogP contribution in [0.4, 0.5) is 19.2 Å². The second-order valence-electron chi connectivity index (χ2n) is 16.1. The fourth-order valence-corrected chi connectivity index (χ4v) is 4.50. The molecule has 0 saturated heterocycles. The third kappa shape index (κ3) is 21.3. The molecule has 0 aromatic carbocycles. The summed E-state index contributed by atoms with van der Waals surface area (Å²) in [4.78, 5) is 59.2. The third-order valence-corrected chi connectivity index (χ3v) is 6.67. The van der Waals surface area contributed by atoms with Crippen LogP contribution in [0.3, 0.4) is 0 Å². The number of guanidine groups is 1. The standard InChI is InChI=1S/C36H60BrN7O9/c1-33(2,3)50-29(45)39-27(38)25-19-20-26(42-41-25)49-24-18-23-44(32(48)53-36(10,11)12)28(40-30(46)51-34(4,5)6)43(31(47)52-35(7,8)9)22-17-15-13-14-16-21-37/h19-20H,13-18,21-24H2,1-12H3,(H2,38,39,45)/b40-28-. The molecule has 53 heavy (non-hydrogen) atoms. The molecule has 0 fully saturated rings. The Morgan fingerprint density at radius 3 is 1.66 bits per heavy atom. The van der Waals surface area contributed by atoms with Crippen molar-refractivity contribution in [3.05, 3.63) is 17.8 Å². The van der Waals surface area contributed by atoms with E-state index in [1.54, 1.807) is 83.1 Å². The number of rotatable bonds is 13. The van der Waals surface area contributed by atoms with Crippen LogP contribution >= 0.6 is 15.9 Å². The highest BCUT2D eigenvalue weighted by molar-refractivity contribution is 9.09. The predicted octanol–water partition coefficient (Wildman–Crippen LogP) is 8.21. The number of carbonyl (C=O) groups is 4. The van der Waals surface area contributed by atoms with Crippen molar-refractivity contribution in [2.24, 2.45) is 4.99 Å². The number of carbonyl (C=O) groups excluding carboxylic acids is 4. The van der Waals surface area contributed by atoms with Gasteiger partial charge in [0.05, 0.1) is 6.61 Å². The van der Waals surface area contributed by atoms with Crippen molar-refractivity contribution in [3.8, 4) is 5.88 Å². The van der Waals surface area contributed by atoms with Crippen LogP contribution in [0.25, 0.3) is 0 Å². The number of alkyl carbamates (subject to hydrolysis) is 1. The quantitative estimate of drug-likeness (QED) is 0.0641. The maximum atomic E-state index is 13.8. The van der Waals surface area contributed by atoms with Crippen molar-refractivity contribution in [2.75, 3.05) is 25.0 Å². The first-order chi connectivity index (χ1) is 24.3. The second-order valence-corrected chi connectivity index (χ2v) is 16.9. The molecule has 1 aromatic rings. The Morgan fingerprint density at radius 2 is 1.19 bits per heavy atom. The molecule has 0 bridgehead atoms. The minimum atomic E-state index is -1.01. The Bertz CT molecular complexity index is 1390. The number of alkyl halides is 1. The highest BCUT2D eigenvalue weighted by Gasteiger charge is 2.35. The van der Waals surface area contributed by atoms with Crippen LogP contribution in [0.2, 0.25) is 0 Å². The lowest BCUT2D eigenvalue weighted by Crippen LogP contribution is -2.53. The van der Waals surface area contributed by atoms with Gasteiger partial charge in [0.2, 0.25) is 11.8 Å². The normalized spacial score (nSPS) is 12.4. The molecule has 1 heterocycles. The molecule has 0 aliphatic rings. The number of amidine groups is 1. The molecule has 0 aliphatic carbocycles. The molecule has 0 aliphatic heterocycles. The number of unbranched alkanes of at least 4 members (excludes halogenated alkanes) is 4. The average Bonchev–Trinajstić information content (AvgIpc) is 2.96. The lowest BCUT2D eigenvalue weighted by Gasteiger charge is -2.34. The van der Waals surface area contributed by atoms with Gasteiger partial charge in [-0.3, -0.25) is 10.7 Å². The molecule has 0 spiro atoms. The van der Waals surface area contributed by atoms with Crippen molar-refractivity contribution in [2.45, 2.75) is 144 Å². The number of hydrogen-bond acceptors (Lipinski definition) is 12. The minimum Gasteiger partial charge on any atom is -0.477 e. The highest BCUT2D eigenvalue weighted by atomic mass is 79.9. The molecule has 300 valence electrons. The van der Waals surface area contributed by atoms with Gasteiger partial charge in [-0.05, 0) is 108 Å². The maximum Gasteiger partial charge on any atom is 0.437 e. The number of amides is 4. The summed E-state index contributed by atoms with van der Waals surface area (Å²) >= 11 is 3.44. The first-order valence-electron chi connectivity index (χ1n) is 17.7. The molecule has 4 amide bonds. The monoisotopic (exact) mass is 813 g/mol. The molecule has 0 atom stereocenters. The zero-order chi connectivity index (χ0) is 40.6. The number of hydrogen-bond donors (Lipinski definition) is 2. The van der Waals surface area contributed by atoms with Crippen molar-refractivity contribution in [1.82, 2.24) is 25.3 Å². The van der Waals surface area contributed by atoms with Gasteiger partial charge >= 0.3 is 24.4 Å². The van der Waals surface area contributed by atoms with E-state index in [9.17, 15) is 19.2 Å². The summed E-state index contributed by atoms with van der Waals surface area (Å²) in [5.41, 5.74) is -3.40. The van der Waals surface area contributed by atoms with Gasteiger partial charge in [-0.25, -0.2) is 29.0 Å². The van der Waals surface area contributed by atoms with E-state index in [4.69, 9.17) is 29.1 Å². The summed E-state index contributed by atoms with van der Waals surface area (Å²) < 4.78 is 27.8. The smallest absolute Gasteiger partial charge is 0.437 e. The van der Waals surface area contributed by atoms with E-state index in [0.29, 0.717) is 6.42 Å². The summed E-state index contributed by atoms with van der Waals surface area (Å²) in [5, 5.41) is 19.2. The Hall–Kier alpha value is -4.02. The van der Waals surface area contributed by atoms with E-state index in [-0.39, 0.29) is 49.5 Å². The number of nitrogens with zero attached hydrogens (tertiary/aromatic N) is 5. The molecule has 0 unspecified atom stereocenters. The van der Waals surface area contributed by atoms with Crippen LogP contribution in [-0.4, -0.2) is 104 Å². The van der Waals surface area contributed by atoms with E-state index < -0.39 is 46.8 Å². The fourth-order valence-electron chi connectivity index (χ4n) is 4.11. The van der Waals surface area contributed by atoms with Gasteiger partial charge < -0.3 is 23.7 Å². The number of aromatic nitrogens is 2. The van der Waals surface area contributed by atoms with Crippen LogP contribution in [0, 0.1) is 5.41 Å². The van der Waals surface area contributed by atoms with Gasteiger partial charge in [-0.1, -0.05) is 35.2 Å². The van der Waals surface area contributed by atoms with Crippen LogP contribution in [0.15, 0.2) is 17.1 Å². The predicted molar refractivity (Wildman–Crippen MR) is 205 cm³/mol. The molecule has 1 aromatic heterocycles. The van der Waals surface area contributed by atoms with Gasteiger partial charge in [0.1, 0.15) is 28.1 Å². The van der Waals surface area contributed by atoms with E-state index in [1.807, 2.05) is 0 Å². The van der Waals surface area contributed by atoms with Crippen molar-refractivity contribution >= 4 is 52.1 Å². The van der Waals surface area contributed by atoms with Gasteiger partial charge in [0, 0.05) is 24.5 Å². The largest absolute Gasteiger partial charge is 0.477 e. The molecule has 0 radical (unpaired) electrons. The third-order valence-electron chi connectivity index (χ3n) is 6.11. The molecule has 2 N–H and O–H groups in total. The zero-order valence-electron chi connectivity index (χ0n) is 33.5. The zero-order valence-corrected chi connectivity index (χ0v) is 35.1. The number of ether oxygens (including phenoxy) is 5. The second kappa shape index (κ2) is 21.0. The summed E-state index contributed by atoms with van der Waals surface area (Å²) in [6, 6.07) is 2.91. The SMILES string of the molecule is CC(C)(C)OC(=O)/N=C(/N(CCCCCCCBr)C(=O)OC(C)(C)C)N(CCCOc1ccc(C(=N)NC(=O)OC(C)(C)C)nn1)C(=O)OC(C)(C)C. The van der Waals surface area contributed by atoms with Crippen LogP contribution in [0.5, 0.6) is 5.88 Å². The van der Waals surface area contributed by atoms with Crippen LogP contribution in [-0.2, 0) is 18.9 Å². The maximum absolute atomic E-state index is 13.8. The van der Waals surface area contributed by atoms with E-state index >= 15 is 0 Å². The van der Waals surface area contributed by atoms with E-state index in [0.717, 1.165) is 35.9 Å². The van der Waals surface area contributed by atoms with Gasteiger partial charge in [0.25, 0.3) is 0 Å². The summed E-state index contributed by atoms with van der Waals surface area (Å²) in [6.07, 6.45) is 0.959. The first kappa shape index (κ1) is 47.0. The molecule has 17 heteroatoms. The first-order valence-corrected chi connectivity index (χ1v) is 18.9. The van der Waals surface area contributed by atoms with Crippen LogP contribution < -0.4 is 10.1 Å². The Balaban J connectivity index is 3.39. The van der Waals surface area contributed by atoms with E-state index in [2.05, 4.69) is 36.4 Å². The minimum absolute atomic E-state index is 0.0145. The van der Waals surface area contributed by atoms with Crippen molar-refractivity contribution < 1.29 is 42.9 Å². The Kier molecular flexibility index (Phi) is 18.6. The summed E-state index contributed by atoms with van der Waals surface area (Å²) in [7, 11) is 0. The topological polar surface area (TPSA) is 195 Å². The molecule has 0 saturated carbocycles. The van der Waals surface area contributed by atoms with E-state index in [1.165, 1.54) is 17.0 Å². The molecular weight excluding hydrogens is 754 g/mol. The van der Waals surface area contributed by atoms with Crippen molar-refractivity contribution in [3.63, 3.8) is 0 Å². The number of nitrogens with one attached hydrogen (secondary N) is 2. The highest BCUT2D eigenvalue weighted by Crippen LogP contribution is 2.19. The van der Waals surface area contributed by atoms with Gasteiger partial charge in [-0.15, -0.1) is 15.2 Å². The van der Waals surface area contributed by atoms with Crippen molar-refractivity contribution in [1.29, 1.82) is 5.41 Å². The fraction of sp³-hybridized carbons (Fsp3) is 0.722. The lowest BCUT2D eigenvalue weighted by atomic mass is 10.1.